The van der Waals surface area contributed by atoms with Gasteiger partial charge in [-0.15, -0.1) is 0 Å². The Bertz CT molecular complexity index is 368. The van der Waals surface area contributed by atoms with Crippen molar-refractivity contribution < 1.29 is 9.53 Å². The van der Waals surface area contributed by atoms with E-state index in [2.05, 4.69) is 4.74 Å². The maximum atomic E-state index is 11.1. The number of carbonyl (C=O) groups is 1. The van der Waals surface area contributed by atoms with Crippen LogP contribution in [0.2, 0.25) is 10.0 Å². The largest absolute Gasteiger partial charge is 0.468 e. The number of nitrogens with two attached hydrogens (primary N) is 1. The first-order valence-corrected chi connectivity index (χ1v) is 5.07. The lowest BCUT2D eigenvalue weighted by molar-refractivity contribution is -0.142. The van der Waals surface area contributed by atoms with Crippen molar-refractivity contribution in [1.82, 2.24) is 0 Å². The average molecular weight is 248 g/mol. The van der Waals surface area contributed by atoms with Crippen LogP contribution in [0.3, 0.4) is 0 Å². The van der Waals surface area contributed by atoms with Gasteiger partial charge in [0.2, 0.25) is 0 Å². The molecule has 15 heavy (non-hydrogen) atoms. The summed E-state index contributed by atoms with van der Waals surface area (Å²) in [6.45, 7) is 0. The second kappa shape index (κ2) is 5.35. The van der Waals surface area contributed by atoms with Crippen molar-refractivity contribution in [1.29, 1.82) is 0 Å². The summed E-state index contributed by atoms with van der Waals surface area (Å²) in [5.41, 5.74) is 6.45. The van der Waals surface area contributed by atoms with Crippen molar-refractivity contribution in [3.63, 3.8) is 0 Å². The summed E-state index contributed by atoms with van der Waals surface area (Å²) in [5.74, 6) is -0.443. The molecule has 0 saturated heterocycles. The molecule has 0 aliphatic rings. The minimum absolute atomic E-state index is 0.379. The lowest BCUT2D eigenvalue weighted by Gasteiger charge is -2.09. The molecule has 82 valence electrons. The first kappa shape index (κ1) is 12.3. The van der Waals surface area contributed by atoms with Gasteiger partial charge in [-0.1, -0.05) is 29.3 Å². The molecule has 0 spiro atoms. The molecule has 2 N–H and O–H groups in total. The van der Waals surface area contributed by atoms with E-state index in [9.17, 15) is 4.79 Å². The number of carbonyl (C=O) groups excluding carboxylic acids is 1. The van der Waals surface area contributed by atoms with Crippen LogP contribution in [0.1, 0.15) is 5.56 Å². The first-order valence-electron chi connectivity index (χ1n) is 4.32. The normalized spacial score (nSPS) is 12.3. The van der Waals surface area contributed by atoms with E-state index in [1.165, 1.54) is 7.11 Å². The second-order valence-electron chi connectivity index (χ2n) is 3.08. The van der Waals surface area contributed by atoms with Crippen LogP contribution in [0.15, 0.2) is 18.2 Å². The Morgan fingerprint density at radius 3 is 2.67 bits per heavy atom. The van der Waals surface area contributed by atoms with E-state index in [1.807, 2.05) is 0 Å². The third-order valence-corrected chi connectivity index (χ3v) is 2.68. The van der Waals surface area contributed by atoms with Crippen LogP contribution in [0, 0.1) is 0 Å². The van der Waals surface area contributed by atoms with Crippen LogP contribution >= 0.6 is 23.2 Å². The summed E-state index contributed by atoms with van der Waals surface area (Å²) in [5, 5.41) is 0.929. The third kappa shape index (κ3) is 3.38. The molecule has 0 radical (unpaired) electrons. The van der Waals surface area contributed by atoms with E-state index in [1.54, 1.807) is 18.2 Å². The van der Waals surface area contributed by atoms with Crippen LogP contribution in [0.5, 0.6) is 0 Å². The van der Waals surface area contributed by atoms with Gasteiger partial charge >= 0.3 is 5.97 Å². The minimum Gasteiger partial charge on any atom is -0.468 e. The van der Waals surface area contributed by atoms with Crippen molar-refractivity contribution >= 4 is 29.2 Å². The predicted molar refractivity (Wildman–Crippen MR) is 60.2 cm³/mol. The molecule has 0 amide bonds. The summed E-state index contributed by atoms with van der Waals surface area (Å²) in [6.07, 6.45) is 0.379. The smallest absolute Gasteiger partial charge is 0.322 e. The molecule has 1 atom stereocenters. The summed E-state index contributed by atoms with van der Waals surface area (Å²) >= 11 is 11.6. The summed E-state index contributed by atoms with van der Waals surface area (Å²) in [4.78, 5) is 11.1. The van der Waals surface area contributed by atoms with Gasteiger partial charge in [0.05, 0.1) is 17.2 Å². The minimum atomic E-state index is -0.674. The van der Waals surface area contributed by atoms with Gasteiger partial charge < -0.3 is 10.5 Å². The number of methoxy groups -OCH3 is 1. The molecular formula is C10H11Cl2NO2. The van der Waals surface area contributed by atoms with E-state index in [-0.39, 0.29) is 0 Å². The van der Waals surface area contributed by atoms with Crippen LogP contribution in [-0.2, 0) is 16.0 Å². The molecule has 0 aliphatic carbocycles. The number of ether oxygens (including phenoxy) is 1. The zero-order chi connectivity index (χ0) is 11.4. The third-order valence-electron chi connectivity index (χ3n) is 1.94. The number of esters is 1. The second-order valence-corrected chi connectivity index (χ2v) is 3.90. The molecule has 0 aliphatic heterocycles. The van der Waals surface area contributed by atoms with Crippen LogP contribution in [0.25, 0.3) is 0 Å². The van der Waals surface area contributed by atoms with E-state index in [0.29, 0.717) is 16.5 Å². The van der Waals surface area contributed by atoms with Gasteiger partial charge in [-0.25, -0.2) is 0 Å². The fourth-order valence-electron chi connectivity index (χ4n) is 1.16. The Hall–Kier alpha value is -0.770. The molecule has 5 heteroatoms. The van der Waals surface area contributed by atoms with Gasteiger partial charge in [0.15, 0.2) is 0 Å². The molecular weight excluding hydrogens is 237 g/mol. The van der Waals surface area contributed by atoms with Crippen LogP contribution in [-0.4, -0.2) is 19.1 Å². The molecule has 3 nitrogen and oxygen atoms in total. The molecule has 1 rings (SSSR count). The number of hydrogen-bond acceptors (Lipinski definition) is 3. The summed E-state index contributed by atoms with van der Waals surface area (Å²) in [6, 6.07) is 4.46. The van der Waals surface area contributed by atoms with Crippen molar-refractivity contribution in [3.8, 4) is 0 Å². The Labute approximate surface area is 98.1 Å². The summed E-state index contributed by atoms with van der Waals surface area (Å²) < 4.78 is 4.52. The highest BCUT2D eigenvalue weighted by Crippen LogP contribution is 2.23. The van der Waals surface area contributed by atoms with Gasteiger partial charge in [0.25, 0.3) is 0 Å². The average Bonchev–Trinajstić information content (AvgIpc) is 2.22. The highest BCUT2D eigenvalue weighted by atomic mass is 35.5. The quantitative estimate of drug-likeness (QED) is 0.832. The van der Waals surface area contributed by atoms with Gasteiger partial charge in [-0.3, -0.25) is 4.79 Å². The molecule has 0 saturated carbocycles. The van der Waals surface area contributed by atoms with Crippen molar-refractivity contribution in [3.05, 3.63) is 33.8 Å². The molecule has 1 aromatic rings. The molecule has 0 heterocycles. The van der Waals surface area contributed by atoms with E-state index in [0.717, 1.165) is 5.56 Å². The van der Waals surface area contributed by atoms with Gasteiger partial charge in [0.1, 0.15) is 6.04 Å². The summed E-state index contributed by atoms with van der Waals surface area (Å²) in [7, 11) is 1.30. The van der Waals surface area contributed by atoms with Gasteiger partial charge in [0, 0.05) is 0 Å². The lowest BCUT2D eigenvalue weighted by atomic mass is 10.1. The van der Waals surface area contributed by atoms with Crippen LogP contribution < -0.4 is 5.73 Å². The topological polar surface area (TPSA) is 52.3 Å². The van der Waals surface area contributed by atoms with E-state index >= 15 is 0 Å². The lowest BCUT2D eigenvalue weighted by Crippen LogP contribution is -2.33. The molecule has 0 unspecified atom stereocenters. The molecule has 0 fully saturated rings. The first-order chi connectivity index (χ1) is 7.04. The van der Waals surface area contributed by atoms with Crippen molar-refractivity contribution in [2.75, 3.05) is 7.11 Å². The van der Waals surface area contributed by atoms with E-state index in [4.69, 9.17) is 28.9 Å². The zero-order valence-corrected chi connectivity index (χ0v) is 9.68. The Kier molecular flexibility index (Phi) is 4.39. The monoisotopic (exact) mass is 247 g/mol. The Morgan fingerprint density at radius 1 is 1.47 bits per heavy atom. The van der Waals surface area contributed by atoms with E-state index < -0.39 is 12.0 Å². The van der Waals surface area contributed by atoms with Crippen LogP contribution in [0.4, 0.5) is 0 Å². The molecule has 1 aromatic carbocycles. The Morgan fingerprint density at radius 2 is 2.13 bits per heavy atom. The maximum absolute atomic E-state index is 11.1. The number of hydrogen-bond donors (Lipinski definition) is 1. The Balaban J connectivity index is 2.73. The fraction of sp³-hybridized carbons (Fsp3) is 0.300. The predicted octanol–water partition coefficient (Wildman–Crippen LogP) is 2.04. The zero-order valence-electron chi connectivity index (χ0n) is 8.17. The van der Waals surface area contributed by atoms with Crippen molar-refractivity contribution in [2.45, 2.75) is 12.5 Å². The molecule has 0 aromatic heterocycles. The number of rotatable bonds is 3. The number of benzene rings is 1. The highest BCUT2D eigenvalue weighted by Gasteiger charge is 2.14. The molecule has 0 bridgehead atoms. The van der Waals surface area contributed by atoms with Crippen molar-refractivity contribution in [2.24, 2.45) is 5.73 Å². The number of halogens is 2. The maximum Gasteiger partial charge on any atom is 0.322 e. The SMILES string of the molecule is COC(=O)[C@@H](N)Cc1ccc(Cl)c(Cl)c1. The van der Waals surface area contributed by atoms with Gasteiger partial charge in [-0.2, -0.15) is 0 Å². The van der Waals surface area contributed by atoms with Gasteiger partial charge in [-0.05, 0) is 24.1 Å². The fourth-order valence-corrected chi connectivity index (χ4v) is 1.48. The standard InChI is InChI=1S/C10H11Cl2NO2/c1-15-10(14)9(13)5-6-2-3-7(11)8(12)4-6/h2-4,9H,5,13H2,1H3/t9-/m0/s1. The highest BCUT2D eigenvalue weighted by molar-refractivity contribution is 6.42.